The van der Waals surface area contributed by atoms with E-state index in [9.17, 15) is 9.59 Å². The molecule has 0 aromatic carbocycles. The number of nitrogens with one attached hydrogen (secondary N) is 1. The molecule has 0 radical (unpaired) electrons. The molecule has 2 aromatic rings. The summed E-state index contributed by atoms with van der Waals surface area (Å²) in [6, 6.07) is 4.44. The minimum atomic E-state index is -0.904. The van der Waals surface area contributed by atoms with Gasteiger partial charge in [-0.1, -0.05) is 19.9 Å². The van der Waals surface area contributed by atoms with Crippen molar-refractivity contribution in [1.82, 2.24) is 14.7 Å². The zero-order valence-electron chi connectivity index (χ0n) is 12.3. The average molecular weight is 289 g/mol. The highest BCUT2D eigenvalue weighted by Gasteiger charge is 2.20. The summed E-state index contributed by atoms with van der Waals surface area (Å²) in [5.41, 5.74) is 1.87. The van der Waals surface area contributed by atoms with Crippen LogP contribution in [0.25, 0.3) is 5.65 Å². The number of aryl methyl sites for hydroxylation is 1. The molecular formula is C15H19N3O3. The highest BCUT2D eigenvalue weighted by Crippen LogP contribution is 2.07. The van der Waals surface area contributed by atoms with Crippen LogP contribution in [0.15, 0.2) is 29.2 Å². The first kappa shape index (κ1) is 15.2. The van der Waals surface area contributed by atoms with E-state index in [2.05, 4.69) is 10.3 Å². The fourth-order valence-corrected chi connectivity index (χ4v) is 2.22. The fraction of sp³-hybridized carbons (Fsp3) is 0.400. The third-order valence-electron chi connectivity index (χ3n) is 3.38. The molecular weight excluding hydrogens is 270 g/mol. The Bertz CT molecular complexity index is 722. The molecule has 0 aliphatic carbocycles. The van der Waals surface area contributed by atoms with Crippen molar-refractivity contribution in [2.75, 3.05) is 0 Å². The van der Waals surface area contributed by atoms with Crippen molar-refractivity contribution in [2.24, 2.45) is 5.92 Å². The van der Waals surface area contributed by atoms with Crippen LogP contribution in [-0.2, 0) is 11.3 Å². The lowest BCUT2D eigenvalue weighted by molar-refractivity contribution is -0.140. The maximum Gasteiger partial charge on any atom is 0.320 e. The topological polar surface area (TPSA) is 83.7 Å². The van der Waals surface area contributed by atoms with E-state index in [-0.39, 0.29) is 18.0 Å². The highest BCUT2D eigenvalue weighted by molar-refractivity contribution is 5.73. The lowest BCUT2D eigenvalue weighted by Crippen LogP contribution is -2.40. The van der Waals surface area contributed by atoms with Gasteiger partial charge in [-0.3, -0.25) is 19.3 Å². The molecule has 2 rings (SSSR count). The van der Waals surface area contributed by atoms with E-state index in [4.69, 9.17) is 5.11 Å². The second kappa shape index (κ2) is 6.05. The number of aromatic nitrogens is 2. The number of carbonyl (C=O) groups is 1. The Morgan fingerprint density at radius 3 is 2.81 bits per heavy atom. The van der Waals surface area contributed by atoms with Gasteiger partial charge in [0.1, 0.15) is 11.7 Å². The van der Waals surface area contributed by atoms with Gasteiger partial charge in [-0.05, 0) is 24.5 Å². The van der Waals surface area contributed by atoms with Crippen LogP contribution in [-0.4, -0.2) is 26.5 Å². The number of carboxylic acids is 1. The van der Waals surface area contributed by atoms with E-state index in [1.165, 1.54) is 10.5 Å². The highest BCUT2D eigenvalue weighted by atomic mass is 16.4. The Hall–Kier alpha value is -2.21. The van der Waals surface area contributed by atoms with Gasteiger partial charge in [-0.25, -0.2) is 4.98 Å². The van der Waals surface area contributed by atoms with Gasteiger partial charge >= 0.3 is 5.97 Å². The third-order valence-corrected chi connectivity index (χ3v) is 3.38. The molecule has 2 aromatic heterocycles. The number of carboxylic acid groups (broad SMARTS) is 1. The summed E-state index contributed by atoms with van der Waals surface area (Å²) in [7, 11) is 0. The number of rotatable bonds is 5. The normalized spacial score (nSPS) is 12.8. The molecule has 1 unspecified atom stereocenters. The Labute approximate surface area is 122 Å². The van der Waals surface area contributed by atoms with Crippen molar-refractivity contribution >= 4 is 11.6 Å². The largest absolute Gasteiger partial charge is 0.480 e. The standard InChI is InChI=1S/C15H19N3O3/c1-9(2)13(15(20)21)16-8-11-7-12(19)18-6-4-5-10(3)14(18)17-11/h4-7,9,13,16H,8H2,1-3H3,(H,20,21). The van der Waals surface area contributed by atoms with Crippen LogP contribution in [0.1, 0.15) is 25.1 Å². The van der Waals surface area contributed by atoms with E-state index >= 15 is 0 Å². The van der Waals surface area contributed by atoms with Crippen LogP contribution in [0.4, 0.5) is 0 Å². The van der Waals surface area contributed by atoms with Crippen LogP contribution >= 0.6 is 0 Å². The minimum absolute atomic E-state index is 0.0502. The maximum absolute atomic E-state index is 12.0. The summed E-state index contributed by atoms with van der Waals surface area (Å²) >= 11 is 0. The van der Waals surface area contributed by atoms with Crippen LogP contribution < -0.4 is 10.9 Å². The molecule has 6 nitrogen and oxygen atoms in total. The van der Waals surface area contributed by atoms with Crippen LogP contribution in [0, 0.1) is 12.8 Å². The van der Waals surface area contributed by atoms with Crippen molar-refractivity contribution in [3.05, 3.63) is 46.0 Å². The van der Waals surface area contributed by atoms with Gasteiger partial charge in [-0.2, -0.15) is 0 Å². The Kier molecular flexibility index (Phi) is 4.37. The number of aliphatic carboxylic acids is 1. The molecule has 0 amide bonds. The first-order valence-corrected chi connectivity index (χ1v) is 6.84. The van der Waals surface area contributed by atoms with Crippen molar-refractivity contribution < 1.29 is 9.90 Å². The smallest absolute Gasteiger partial charge is 0.320 e. The third kappa shape index (κ3) is 3.28. The summed E-state index contributed by atoms with van der Waals surface area (Å²) in [5, 5.41) is 12.1. The molecule has 0 saturated heterocycles. The quantitative estimate of drug-likeness (QED) is 0.864. The van der Waals surface area contributed by atoms with Crippen LogP contribution in [0.3, 0.4) is 0 Å². The average Bonchev–Trinajstić information content (AvgIpc) is 2.39. The molecule has 112 valence electrons. The molecule has 21 heavy (non-hydrogen) atoms. The number of pyridine rings is 1. The van der Waals surface area contributed by atoms with Gasteiger partial charge in [0.25, 0.3) is 5.56 Å². The predicted molar refractivity (Wildman–Crippen MR) is 79.3 cm³/mol. The monoisotopic (exact) mass is 289 g/mol. The zero-order chi connectivity index (χ0) is 15.6. The van der Waals surface area contributed by atoms with Gasteiger partial charge < -0.3 is 5.11 Å². The van der Waals surface area contributed by atoms with Gasteiger partial charge in [0.2, 0.25) is 0 Å². The van der Waals surface area contributed by atoms with E-state index < -0.39 is 12.0 Å². The molecule has 2 heterocycles. The molecule has 1 atom stereocenters. The van der Waals surface area contributed by atoms with E-state index in [0.29, 0.717) is 11.3 Å². The molecule has 0 bridgehead atoms. The van der Waals surface area contributed by atoms with Crippen LogP contribution in [0.5, 0.6) is 0 Å². The second-order valence-corrected chi connectivity index (χ2v) is 5.41. The summed E-state index contributed by atoms with van der Waals surface area (Å²) in [6.07, 6.45) is 1.67. The van der Waals surface area contributed by atoms with Gasteiger partial charge in [0, 0.05) is 18.8 Å². The fourth-order valence-electron chi connectivity index (χ4n) is 2.22. The van der Waals surface area contributed by atoms with E-state index in [1.54, 1.807) is 12.3 Å². The van der Waals surface area contributed by atoms with Gasteiger partial charge in [0.15, 0.2) is 0 Å². The lowest BCUT2D eigenvalue weighted by atomic mass is 10.0. The van der Waals surface area contributed by atoms with Gasteiger partial charge in [-0.15, -0.1) is 0 Å². The lowest BCUT2D eigenvalue weighted by Gasteiger charge is -2.17. The molecule has 0 aliphatic heterocycles. The first-order valence-electron chi connectivity index (χ1n) is 6.84. The maximum atomic E-state index is 12.0. The molecule has 0 fully saturated rings. The zero-order valence-corrected chi connectivity index (χ0v) is 12.3. The minimum Gasteiger partial charge on any atom is -0.480 e. The summed E-state index contributed by atoms with van der Waals surface area (Å²) in [4.78, 5) is 27.6. The van der Waals surface area contributed by atoms with E-state index in [1.807, 2.05) is 26.8 Å². The van der Waals surface area contributed by atoms with Crippen LogP contribution in [0.2, 0.25) is 0 Å². The summed E-state index contributed by atoms with van der Waals surface area (Å²) < 4.78 is 1.48. The number of fused-ring (bicyclic) bond motifs is 1. The number of hydrogen-bond acceptors (Lipinski definition) is 4. The van der Waals surface area contributed by atoms with Crippen molar-refractivity contribution in [3.8, 4) is 0 Å². The molecule has 0 spiro atoms. The van der Waals surface area contributed by atoms with Gasteiger partial charge in [0.05, 0.1) is 5.69 Å². The Balaban J connectivity index is 2.29. The second-order valence-electron chi connectivity index (χ2n) is 5.41. The first-order chi connectivity index (χ1) is 9.90. The SMILES string of the molecule is Cc1cccn2c(=O)cc(CNC(C(=O)O)C(C)C)nc12. The molecule has 0 saturated carbocycles. The number of hydrogen-bond donors (Lipinski definition) is 2. The summed E-state index contributed by atoms with van der Waals surface area (Å²) in [6.45, 7) is 5.79. The Morgan fingerprint density at radius 2 is 2.19 bits per heavy atom. The molecule has 6 heteroatoms. The molecule has 2 N–H and O–H groups in total. The summed E-state index contributed by atoms with van der Waals surface area (Å²) in [5.74, 6) is -0.954. The predicted octanol–water partition coefficient (Wildman–Crippen LogP) is 1.20. The van der Waals surface area contributed by atoms with Crippen molar-refractivity contribution in [3.63, 3.8) is 0 Å². The number of nitrogens with zero attached hydrogens (tertiary/aromatic N) is 2. The van der Waals surface area contributed by atoms with Crippen molar-refractivity contribution in [2.45, 2.75) is 33.4 Å². The van der Waals surface area contributed by atoms with E-state index in [0.717, 1.165) is 5.56 Å². The Morgan fingerprint density at radius 1 is 1.48 bits per heavy atom. The molecule has 0 aliphatic rings. The van der Waals surface area contributed by atoms with Crippen molar-refractivity contribution in [1.29, 1.82) is 0 Å².